The van der Waals surface area contributed by atoms with Crippen LogP contribution in [0.4, 0.5) is 10.5 Å². The van der Waals surface area contributed by atoms with Crippen LogP contribution >= 0.6 is 0 Å². The molecule has 1 fully saturated rings. The molecule has 6 nitrogen and oxygen atoms in total. The van der Waals surface area contributed by atoms with Gasteiger partial charge < -0.3 is 19.7 Å². The van der Waals surface area contributed by atoms with E-state index in [0.29, 0.717) is 37.6 Å². The van der Waals surface area contributed by atoms with Gasteiger partial charge in [0.05, 0.1) is 24.9 Å². The molecule has 1 heterocycles. The molecule has 1 aromatic rings. The van der Waals surface area contributed by atoms with Gasteiger partial charge in [-0.25, -0.2) is 9.59 Å². The molecule has 6 heteroatoms. The van der Waals surface area contributed by atoms with Crippen LogP contribution in [-0.2, 0) is 9.47 Å². The van der Waals surface area contributed by atoms with Crippen LogP contribution in [0, 0.1) is 0 Å². The molecule has 2 rings (SSSR count). The van der Waals surface area contributed by atoms with Crippen molar-refractivity contribution in [2.45, 2.75) is 20.0 Å². The van der Waals surface area contributed by atoms with Gasteiger partial charge in [0, 0.05) is 18.8 Å². The van der Waals surface area contributed by atoms with E-state index in [0.717, 1.165) is 0 Å². The zero-order chi connectivity index (χ0) is 15.2. The van der Waals surface area contributed by atoms with Crippen LogP contribution in [0.2, 0.25) is 0 Å². The van der Waals surface area contributed by atoms with Gasteiger partial charge in [-0.2, -0.15) is 0 Å². The van der Waals surface area contributed by atoms with E-state index in [1.165, 1.54) is 0 Å². The first-order chi connectivity index (χ1) is 10.1. The number of benzene rings is 1. The molecule has 1 aliphatic rings. The van der Waals surface area contributed by atoms with Gasteiger partial charge in [-0.05, 0) is 38.1 Å². The van der Waals surface area contributed by atoms with Crippen molar-refractivity contribution in [1.29, 1.82) is 0 Å². The molecular weight excluding hydrogens is 272 g/mol. The standard InChI is InChI=1S/C15H20N2O4/c1-3-20-14(18)12-4-6-13(7-5-12)16-15(19)17-8-9-21-11(2)10-17/h4-7,11H,3,8-10H2,1-2H3,(H,16,19). The summed E-state index contributed by atoms with van der Waals surface area (Å²) in [6.45, 7) is 5.75. The van der Waals surface area contributed by atoms with Crippen molar-refractivity contribution in [2.24, 2.45) is 0 Å². The summed E-state index contributed by atoms with van der Waals surface area (Å²) in [5.41, 5.74) is 1.11. The Morgan fingerprint density at radius 1 is 1.38 bits per heavy atom. The lowest BCUT2D eigenvalue weighted by molar-refractivity contribution is -0.00138. The fourth-order valence-corrected chi connectivity index (χ4v) is 2.11. The van der Waals surface area contributed by atoms with Crippen molar-refractivity contribution in [3.05, 3.63) is 29.8 Å². The van der Waals surface area contributed by atoms with Gasteiger partial charge in [0.1, 0.15) is 0 Å². The minimum absolute atomic E-state index is 0.0516. The first-order valence-corrected chi connectivity index (χ1v) is 7.05. The number of carbonyl (C=O) groups is 2. The lowest BCUT2D eigenvalue weighted by Crippen LogP contribution is -2.46. The molecule has 0 saturated carbocycles. The molecule has 0 aliphatic carbocycles. The number of amides is 2. The molecule has 1 atom stereocenters. The number of anilines is 1. The van der Waals surface area contributed by atoms with E-state index in [1.54, 1.807) is 36.1 Å². The molecule has 1 aliphatic heterocycles. The number of nitrogens with zero attached hydrogens (tertiary/aromatic N) is 1. The Morgan fingerprint density at radius 3 is 2.71 bits per heavy atom. The normalized spacial score (nSPS) is 18.2. The van der Waals surface area contributed by atoms with Crippen LogP contribution in [-0.4, -0.2) is 49.3 Å². The summed E-state index contributed by atoms with van der Waals surface area (Å²) in [6, 6.07) is 6.49. The van der Waals surface area contributed by atoms with Crippen molar-refractivity contribution in [3.63, 3.8) is 0 Å². The third kappa shape index (κ3) is 4.19. The molecule has 1 saturated heterocycles. The predicted octanol–water partition coefficient (Wildman–Crippen LogP) is 2.12. The maximum Gasteiger partial charge on any atom is 0.338 e. The molecule has 1 aromatic carbocycles. The summed E-state index contributed by atoms with van der Waals surface area (Å²) in [5.74, 6) is -0.364. The van der Waals surface area contributed by atoms with E-state index < -0.39 is 0 Å². The lowest BCUT2D eigenvalue weighted by atomic mass is 10.2. The van der Waals surface area contributed by atoms with E-state index in [1.807, 2.05) is 6.92 Å². The van der Waals surface area contributed by atoms with E-state index in [4.69, 9.17) is 9.47 Å². The molecule has 0 radical (unpaired) electrons. The molecule has 0 spiro atoms. The topological polar surface area (TPSA) is 67.9 Å². The monoisotopic (exact) mass is 292 g/mol. The van der Waals surface area contributed by atoms with Crippen molar-refractivity contribution in [1.82, 2.24) is 4.90 Å². The maximum atomic E-state index is 12.1. The lowest BCUT2D eigenvalue weighted by Gasteiger charge is -2.31. The summed E-state index contributed by atoms with van der Waals surface area (Å²) in [7, 11) is 0. The zero-order valence-corrected chi connectivity index (χ0v) is 12.3. The average Bonchev–Trinajstić information content (AvgIpc) is 2.48. The van der Waals surface area contributed by atoms with Gasteiger partial charge in [-0.15, -0.1) is 0 Å². The van der Waals surface area contributed by atoms with Gasteiger partial charge >= 0.3 is 12.0 Å². The molecule has 1 unspecified atom stereocenters. The smallest absolute Gasteiger partial charge is 0.338 e. The third-order valence-corrected chi connectivity index (χ3v) is 3.18. The van der Waals surface area contributed by atoms with E-state index >= 15 is 0 Å². The van der Waals surface area contributed by atoms with Gasteiger partial charge in [-0.1, -0.05) is 0 Å². The first-order valence-electron chi connectivity index (χ1n) is 7.05. The molecule has 0 aromatic heterocycles. The SMILES string of the molecule is CCOC(=O)c1ccc(NC(=O)N2CCOC(C)C2)cc1. The number of rotatable bonds is 3. The molecule has 114 valence electrons. The Balaban J connectivity index is 1.93. The number of carbonyl (C=O) groups excluding carboxylic acids is 2. The number of urea groups is 1. The highest BCUT2D eigenvalue weighted by Crippen LogP contribution is 2.13. The Labute approximate surface area is 124 Å². The average molecular weight is 292 g/mol. The summed E-state index contributed by atoms with van der Waals surface area (Å²) >= 11 is 0. The number of esters is 1. The zero-order valence-electron chi connectivity index (χ0n) is 12.3. The van der Waals surface area contributed by atoms with Crippen LogP contribution in [0.3, 0.4) is 0 Å². The Kier molecular flexibility index (Phi) is 5.16. The first kappa shape index (κ1) is 15.3. The van der Waals surface area contributed by atoms with Crippen molar-refractivity contribution >= 4 is 17.7 Å². The largest absolute Gasteiger partial charge is 0.462 e. The van der Waals surface area contributed by atoms with Crippen LogP contribution < -0.4 is 5.32 Å². The number of morpholine rings is 1. The second-order valence-corrected chi connectivity index (χ2v) is 4.86. The predicted molar refractivity (Wildman–Crippen MR) is 78.4 cm³/mol. The van der Waals surface area contributed by atoms with Crippen molar-refractivity contribution < 1.29 is 19.1 Å². The summed E-state index contributed by atoms with van der Waals surface area (Å²) < 4.78 is 10.3. The van der Waals surface area contributed by atoms with Gasteiger partial charge in [0.15, 0.2) is 0 Å². The third-order valence-electron chi connectivity index (χ3n) is 3.18. The second kappa shape index (κ2) is 7.08. The number of nitrogens with one attached hydrogen (secondary N) is 1. The molecule has 0 bridgehead atoms. The number of ether oxygens (including phenoxy) is 2. The Hall–Kier alpha value is -2.08. The van der Waals surface area contributed by atoms with Crippen LogP contribution in [0.1, 0.15) is 24.2 Å². The molecule has 1 N–H and O–H groups in total. The highest BCUT2D eigenvalue weighted by Gasteiger charge is 2.21. The van der Waals surface area contributed by atoms with Crippen LogP contribution in [0.15, 0.2) is 24.3 Å². The second-order valence-electron chi connectivity index (χ2n) is 4.86. The van der Waals surface area contributed by atoms with E-state index in [-0.39, 0.29) is 18.1 Å². The minimum Gasteiger partial charge on any atom is -0.462 e. The quantitative estimate of drug-likeness (QED) is 0.866. The van der Waals surface area contributed by atoms with Gasteiger partial charge in [0.2, 0.25) is 0 Å². The highest BCUT2D eigenvalue weighted by molar-refractivity contribution is 5.92. The minimum atomic E-state index is -0.364. The van der Waals surface area contributed by atoms with Crippen LogP contribution in [0.5, 0.6) is 0 Å². The number of hydrogen-bond acceptors (Lipinski definition) is 4. The Bertz CT molecular complexity index is 501. The summed E-state index contributed by atoms with van der Waals surface area (Å²) in [5, 5.41) is 2.81. The fraction of sp³-hybridized carbons (Fsp3) is 0.467. The molecule has 2 amide bonds. The maximum absolute atomic E-state index is 12.1. The van der Waals surface area contributed by atoms with Gasteiger partial charge in [-0.3, -0.25) is 0 Å². The molecule has 21 heavy (non-hydrogen) atoms. The van der Waals surface area contributed by atoms with Crippen LogP contribution in [0.25, 0.3) is 0 Å². The summed E-state index contributed by atoms with van der Waals surface area (Å²) in [4.78, 5) is 25.3. The fourth-order valence-electron chi connectivity index (χ4n) is 2.11. The van der Waals surface area contributed by atoms with Crippen molar-refractivity contribution in [3.8, 4) is 0 Å². The summed E-state index contributed by atoms with van der Waals surface area (Å²) in [6.07, 6.45) is 0.0516. The van der Waals surface area contributed by atoms with Gasteiger partial charge in [0.25, 0.3) is 0 Å². The number of hydrogen-bond donors (Lipinski definition) is 1. The molecular formula is C15H20N2O4. The highest BCUT2D eigenvalue weighted by atomic mass is 16.5. The van der Waals surface area contributed by atoms with E-state index in [9.17, 15) is 9.59 Å². The van der Waals surface area contributed by atoms with E-state index in [2.05, 4.69) is 5.32 Å². The Morgan fingerprint density at radius 2 is 2.10 bits per heavy atom. The van der Waals surface area contributed by atoms with Crippen molar-refractivity contribution in [2.75, 3.05) is 31.6 Å².